The molecule has 2 rings (SSSR count). The van der Waals surface area contributed by atoms with Gasteiger partial charge < -0.3 is 14.8 Å². The molecule has 0 radical (unpaired) electrons. The van der Waals surface area contributed by atoms with Gasteiger partial charge in [0.25, 0.3) is 0 Å². The topological polar surface area (TPSA) is 30.5 Å². The third-order valence-corrected chi connectivity index (χ3v) is 3.50. The highest BCUT2D eigenvalue weighted by Gasteiger charge is 2.13. The number of hydrogen-bond donors (Lipinski definition) is 1. The Labute approximate surface area is 130 Å². The van der Waals surface area contributed by atoms with Crippen molar-refractivity contribution < 1.29 is 9.47 Å². The van der Waals surface area contributed by atoms with E-state index >= 15 is 0 Å². The zero-order valence-electron chi connectivity index (χ0n) is 12.3. The first-order chi connectivity index (χ1) is 10.2. The number of rotatable bonds is 7. The first kappa shape index (κ1) is 15.7. The molecule has 0 bridgehead atoms. The average Bonchev–Trinajstić information content (AvgIpc) is 2.53. The number of likely N-dealkylation sites (N-methyl/N-ethyl adjacent to an activating group) is 1. The van der Waals surface area contributed by atoms with Crippen molar-refractivity contribution in [3.8, 4) is 11.5 Å². The molecule has 0 aliphatic carbocycles. The van der Waals surface area contributed by atoms with E-state index in [4.69, 9.17) is 21.1 Å². The molecule has 0 aromatic heterocycles. The van der Waals surface area contributed by atoms with Gasteiger partial charge in [0, 0.05) is 0 Å². The summed E-state index contributed by atoms with van der Waals surface area (Å²) in [7, 11) is 1.67. The lowest BCUT2D eigenvalue weighted by molar-refractivity contribution is 0.268. The highest BCUT2D eigenvalue weighted by atomic mass is 35.5. The van der Waals surface area contributed by atoms with Crippen molar-refractivity contribution >= 4 is 11.6 Å². The van der Waals surface area contributed by atoms with Crippen molar-refractivity contribution in [3.05, 3.63) is 59.1 Å². The minimum atomic E-state index is 0.0846. The molecule has 0 saturated heterocycles. The van der Waals surface area contributed by atoms with Crippen molar-refractivity contribution in [2.75, 3.05) is 20.3 Å². The van der Waals surface area contributed by atoms with Gasteiger partial charge in [-0.05, 0) is 36.4 Å². The Balaban J connectivity index is 2.10. The quantitative estimate of drug-likeness (QED) is 0.836. The zero-order chi connectivity index (χ0) is 15.1. The Morgan fingerprint density at radius 1 is 1.14 bits per heavy atom. The third-order valence-electron chi connectivity index (χ3n) is 3.19. The van der Waals surface area contributed by atoms with Crippen LogP contribution in [0.2, 0.25) is 5.02 Å². The summed E-state index contributed by atoms with van der Waals surface area (Å²) in [6.07, 6.45) is 0. The number of halogens is 1. The van der Waals surface area contributed by atoms with Gasteiger partial charge in [-0.3, -0.25) is 0 Å². The molecule has 0 fully saturated rings. The molecule has 21 heavy (non-hydrogen) atoms. The van der Waals surface area contributed by atoms with Gasteiger partial charge in [0.2, 0.25) is 0 Å². The van der Waals surface area contributed by atoms with E-state index in [0.29, 0.717) is 17.4 Å². The van der Waals surface area contributed by atoms with Gasteiger partial charge in [-0.15, -0.1) is 0 Å². The van der Waals surface area contributed by atoms with Gasteiger partial charge >= 0.3 is 0 Å². The van der Waals surface area contributed by atoms with Crippen LogP contribution < -0.4 is 14.8 Å². The lowest BCUT2D eigenvalue weighted by Crippen LogP contribution is -2.26. The van der Waals surface area contributed by atoms with E-state index in [9.17, 15) is 0 Å². The molecule has 2 aromatic carbocycles. The molecule has 0 amide bonds. The smallest absolute Gasteiger partial charge is 0.137 e. The van der Waals surface area contributed by atoms with Crippen LogP contribution in [0.25, 0.3) is 0 Å². The fourth-order valence-electron chi connectivity index (χ4n) is 2.11. The molecule has 1 N–H and O–H groups in total. The van der Waals surface area contributed by atoms with Crippen LogP contribution in [0.15, 0.2) is 48.5 Å². The SMILES string of the molecule is CCNC(COc1ccccc1Cl)c1cccc(OC)c1. The molecule has 0 heterocycles. The molecular formula is C17H20ClNO2. The molecule has 1 atom stereocenters. The summed E-state index contributed by atoms with van der Waals surface area (Å²) >= 11 is 6.11. The summed E-state index contributed by atoms with van der Waals surface area (Å²) < 4.78 is 11.1. The molecule has 3 nitrogen and oxygen atoms in total. The van der Waals surface area contributed by atoms with E-state index in [1.165, 1.54) is 0 Å². The summed E-state index contributed by atoms with van der Waals surface area (Å²) in [5, 5.41) is 4.04. The second kappa shape index (κ2) is 7.91. The maximum atomic E-state index is 6.11. The van der Waals surface area contributed by atoms with Crippen LogP contribution in [0.4, 0.5) is 0 Å². The number of nitrogens with one attached hydrogen (secondary N) is 1. The van der Waals surface area contributed by atoms with E-state index in [-0.39, 0.29) is 6.04 Å². The minimum Gasteiger partial charge on any atom is -0.497 e. The summed E-state index contributed by atoms with van der Waals surface area (Å²) in [5.41, 5.74) is 1.13. The van der Waals surface area contributed by atoms with Crippen LogP contribution in [0.3, 0.4) is 0 Å². The normalized spacial score (nSPS) is 12.0. The van der Waals surface area contributed by atoms with Crippen molar-refractivity contribution in [1.82, 2.24) is 5.32 Å². The molecule has 0 aliphatic rings. The summed E-state index contributed by atoms with van der Waals surface area (Å²) in [6.45, 7) is 3.43. The van der Waals surface area contributed by atoms with Crippen molar-refractivity contribution in [2.45, 2.75) is 13.0 Å². The Morgan fingerprint density at radius 3 is 2.67 bits per heavy atom. The minimum absolute atomic E-state index is 0.0846. The zero-order valence-corrected chi connectivity index (χ0v) is 13.1. The second-order valence-electron chi connectivity index (χ2n) is 4.63. The van der Waals surface area contributed by atoms with E-state index in [1.807, 2.05) is 42.5 Å². The average molecular weight is 306 g/mol. The lowest BCUT2D eigenvalue weighted by Gasteiger charge is -2.20. The van der Waals surface area contributed by atoms with Crippen LogP contribution in [-0.4, -0.2) is 20.3 Å². The fourth-order valence-corrected chi connectivity index (χ4v) is 2.30. The predicted octanol–water partition coefficient (Wildman–Crippen LogP) is 4.08. The van der Waals surface area contributed by atoms with Gasteiger partial charge in [-0.25, -0.2) is 0 Å². The number of hydrogen-bond acceptors (Lipinski definition) is 3. The Bertz CT molecular complexity index is 574. The van der Waals surface area contributed by atoms with E-state index in [0.717, 1.165) is 17.9 Å². The maximum absolute atomic E-state index is 6.11. The van der Waals surface area contributed by atoms with Gasteiger partial charge in [0.15, 0.2) is 0 Å². The van der Waals surface area contributed by atoms with Crippen LogP contribution in [-0.2, 0) is 0 Å². The lowest BCUT2D eigenvalue weighted by atomic mass is 10.1. The van der Waals surface area contributed by atoms with Crippen LogP contribution in [0.5, 0.6) is 11.5 Å². The van der Waals surface area contributed by atoms with Crippen molar-refractivity contribution in [2.24, 2.45) is 0 Å². The monoisotopic (exact) mass is 305 g/mol. The van der Waals surface area contributed by atoms with Gasteiger partial charge in [-0.2, -0.15) is 0 Å². The number of para-hydroxylation sites is 1. The maximum Gasteiger partial charge on any atom is 0.137 e. The molecule has 0 aliphatic heterocycles. The van der Waals surface area contributed by atoms with Gasteiger partial charge in [0.05, 0.1) is 18.2 Å². The van der Waals surface area contributed by atoms with Gasteiger partial charge in [-0.1, -0.05) is 42.8 Å². The Morgan fingerprint density at radius 2 is 1.95 bits per heavy atom. The highest BCUT2D eigenvalue weighted by Crippen LogP contribution is 2.25. The van der Waals surface area contributed by atoms with Crippen LogP contribution >= 0.6 is 11.6 Å². The molecule has 0 saturated carbocycles. The molecule has 0 spiro atoms. The molecule has 4 heteroatoms. The van der Waals surface area contributed by atoms with E-state index in [1.54, 1.807) is 7.11 Å². The number of ether oxygens (including phenoxy) is 2. The Kier molecular flexibility index (Phi) is 5.90. The Hall–Kier alpha value is -1.71. The predicted molar refractivity (Wildman–Crippen MR) is 86.4 cm³/mol. The largest absolute Gasteiger partial charge is 0.497 e. The van der Waals surface area contributed by atoms with Crippen LogP contribution in [0.1, 0.15) is 18.5 Å². The summed E-state index contributed by atoms with van der Waals surface area (Å²) in [4.78, 5) is 0. The second-order valence-corrected chi connectivity index (χ2v) is 5.04. The molecule has 112 valence electrons. The standard InChI is InChI=1S/C17H20ClNO2/c1-3-19-16(13-7-6-8-14(11-13)20-2)12-21-17-10-5-4-9-15(17)18/h4-11,16,19H,3,12H2,1-2H3. The number of methoxy groups -OCH3 is 1. The summed E-state index contributed by atoms with van der Waals surface area (Å²) in [5.74, 6) is 1.54. The van der Waals surface area contributed by atoms with Crippen molar-refractivity contribution in [1.29, 1.82) is 0 Å². The number of benzene rings is 2. The first-order valence-electron chi connectivity index (χ1n) is 6.99. The van der Waals surface area contributed by atoms with E-state index in [2.05, 4.69) is 18.3 Å². The molecular weight excluding hydrogens is 286 g/mol. The summed E-state index contributed by atoms with van der Waals surface area (Å²) in [6, 6.07) is 15.6. The first-order valence-corrected chi connectivity index (χ1v) is 7.37. The third kappa shape index (κ3) is 4.38. The van der Waals surface area contributed by atoms with Crippen LogP contribution in [0, 0.1) is 0 Å². The van der Waals surface area contributed by atoms with Crippen molar-refractivity contribution in [3.63, 3.8) is 0 Å². The highest BCUT2D eigenvalue weighted by molar-refractivity contribution is 6.32. The van der Waals surface area contributed by atoms with E-state index < -0.39 is 0 Å². The molecule has 1 unspecified atom stereocenters. The fraction of sp³-hybridized carbons (Fsp3) is 0.294. The molecule has 2 aromatic rings. The van der Waals surface area contributed by atoms with Gasteiger partial charge in [0.1, 0.15) is 18.1 Å².